The van der Waals surface area contributed by atoms with Gasteiger partial charge in [0.1, 0.15) is 18.2 Å². The van der Waals surface area contributed by atoms with Crippen LogP contribution >= 0.6 is 11.6 Å². The van der Waals surface area contributed by atoms with Crippen molar-refractivity contribution in [2.75, 3.05) is 11.4 Å². The lowest BCUT2D eigenvalue weighted by Gasteiger charge is -2.33. The first-order chi connectivity index (χ1) is 17.0. The Kier molecular flexibility index (Phi) is 7.19. The van der Waals surface area contributed by atoms with Gasteiger partial charge in [0, 0.05) is 29.9 Å². The molecule has 1 atom stereocenters. The zero-order chi connectivity index (χ0) is 26.1. The van der Waals surface area contributed by atoms with Gasteiger partial charge in [-0.05, 0) is 56.5 Å². The normalized spacial score (nSPS) is 17.1. The van der Waals surface area contributed by atoms with Crippen molar-refractivity contribution in [2.24, 2.45) is 5.92 Å². The number of hydrogen-bond donors (Lipinski definition) is 1. The van der Waals surface area contributed by atoms with E-state index in [2.05, 4.69) is 35.5 Å². The van der Waals surface area contributed by atoms with E-state index in [-0.39, 0.29) is 33.6 Å². The van der Waals surface area contributed by atoms with E-state index in [0.29, 0.717) is 23.8 Å². The molecule has 1 fully saturated rings. The van der Waals surface area contributed by atoms with E-state index in [0.717, 1.165) is 12.5 Å². The Morgan fingerprint density at radius 1 is 1.25 bits per heavy atom. The molecule has 1 unspecified atom stereocenters. The first-order valence-electron chi connectivity index (χ1n) is 11.3. The van der Waals surface area contributed by atoms with Crippen molar-refractivity contribution in [1.29, 1.82) is 0 Å². The first kappa shape index (κ1) is 25.8. The molecule has 0 spiro atoms. The number of carbonyl (C=O) groups is 1. The summed E-state index contributed by atoms with van der Waals surface area (Å²) in [5.74, 6) is -0.454. The maximum absolute atomic E-state index is 13.2. The number of pyridine rings is 2. The number of aromatic nitrogens is 2. The second kappa shape index (κ2) is 10.0. The van der Waals surface area contributed by atoms with Gasteiger partial charge in [0.15, 0.2) is 5.03 Å². The topological polar surface area (TPSA) is 101 Å². The number of hydrogen-bond acceptors (Lipinski definition) is 7. The van der Waals surface area contributed by atoms with E-state index < -0.39 is 21.7 Å². The van der Waals surface area contributed by atoms with Crippen LogP contribution in [0.15, 0.2) is 59.8 Å². The molecule has 1 saturated heterocycles. The van der Waals surface area contributed by atoms with Gasteiger partial charge in [0.05, 0.1) is 10.6 Å². The third-order valence-corrected chi connectivity index (χ3v) is 7.53. The van der Waals surface area contributed by atoms with Crippen LogP contribution in [0.2, 0.25) is 5.02 Å². The maximum atomic E-state index is 13.2. The summed E-state index contributed by atoms with van der Waals surface area (Å²) in [6.07, 6.45) is 2.50. The molecule has 1 aliphatic heterocycles. The van der Waals surface area contributed by atoms with E-state index >= 15 is 0 Å². The highest BCUT2D eigenvalue weighted by atomic mass is 35.5. The molecule has 0 bridgehead atoms. The van der Waals surface area contributed by atoms with Crippen molar-refractivity contribution >= 4 is 33.3 Å². The van der Waals surface area contributed by atoms with Crippen molar-refractivity contribution in [3.8, 4) is 5.88 Å². The minimum absolute atomic E-state index is 0.000543. The summed E-state index contributed by atoms with van der Waals surface area (Å²) in [6, 6.07) is 11.2. The average molecular weight is 533 g/mol. The van der Waals surface area contributed by atoms with E-state index in [9.17, 15) is 17.6 Å². The summed E-state index contributed by atoms with van der Waals surface area (Å²) in [5, 5.41) is -0.215. The van der Waals surface area contributed by atoms with Crippen LogP contribution in [0.3, 0.4) is 0 Å². The van der Waals surface area contributed by atoms with Crippen LogP contribution in [0, 0.1) is 11.7 Å². The van der Waals surface area contributed by atoms with Gasteiger partial charge in [-0.15, -0.1) is 0 Å². The lowest BCUT2D eigenvalue weighted by molar-refractivity contribution is 0.0981. The van der Waals surface area contributed by atoms with Crippen molar-refractivity contribution in [2.45, 2.75) is 44.4 Å². The second-order valence-electron chi connectivity index (χ2n) is 9.38. The zero-order valence-corrected chi connectivity index (χ0v) is 21.6. The molecule has 190 valence electrons. The SMILES string of the molecule is CC1CN(c2ncccc2C(=O)NS(=O)(=O)c2cccc(OCc3ccc(F)cc3Cl)n2)C(C)(C)C1. The molecule has 2 aromatic heterocycles. The van der Waals surface area contributed by atoms with E-state index in [1.54, 1.807) is 18.3 Å². The number of carbonyl (C=O) groups excluding carboxylic acids is 1. The molecule has 8 nitrogen and oxygen atoms in total. The lowest BCUT2D eigenvalue weighted by Crippen LogP contribution is -2.41. The monoisotopic (exact) mass is 532 g/mol. The molecule has 3 aromatic rings. The Morgan fingerprint density at radius 3 is 2.72 bits per heavy atom. The molecule has 11 heteroatoms. The summed E-state index contributed by atoms with van der Waals surface area (Å²) < 4.78 is 46.9. The Labute approximate surface area is 214 Å². The highest BCUT2D eigenvalue weighted by molar-refractivity contribution is 7.90. The fraction of sp³-hybridized carbons (Fsp3) is 0.320. The fourth-order valence-corrected chi connectivity index (χ4v) is 5.54. The van der Waals surface area contributed by atoms with Gasteiger partial charge < -0.3 is 9.64 Å². The molecule has 3 heterocycles. The summed E-state index contributed by atoms with van der Waals surface area (Å²) in [7, 11) is -4.32. The first-order valence-corrected chi connectivity index (χ1v) is 13.2. The number of benzene rings is 1. The summed E-state index contributed by atoms with van der Waals surface area (Å²) >= 11 is 6.01. The van der Waals surface area contributed by atoms with Gasteiger partial charge in [-0.25, -0.2) is 14.1 Å². The van der Waals surface area contributed by atoms with Crippen LogP contribution in [-0.4, -0.2) is 36.4 Å². The summed E-state index contributed by atoms with van der Waals surface area (Å²) in [6.45, 7) is 6.91. The largest absolute Gasteiger partial charge is 0.473 e. The van der Waals surface area contributed by atoms with Crippen LogP contribution in [0.25, 0.3) is 0 Å². The quantitative estimate of drug-likeness (QED) is 0.475. The van der Waals surface area contributed by atoms with Crippen LogP contribution in [-0.2, 0) is 16.6 Å². The number of rotatable bonds is 7. The van der Waals surface area contributed by atoms with Gasteiger partial charge in [0.2, 0.25) is 5.88 Å². The standard InChI is InChI=1S/C25H26ClFN4O4S/c1-16-13-25(2,3)31(14-16)23-19(6-5-11-28-23)24(32)30-36(33,34)22-8-4-7-21(29-22)35-15-17-9-10-18(27)12-20(17)26/h4-12,16H,13-15H2,1-3H3,(H,30,32). The van der Waals surface area contributed by atoms with Crippen molar-refractivity contribution in [3.63, 3.8) is 0 Å². The predicted octanol–water partition coefficient (Wildman–Crippen LogP) is 4.59. The third kappa shape index (κ3) is 5.60. The van der Waals surface area contributed by atoms with E-state index in [4.69, 9.17) is 16.3 Å². The molecule has 4 rings (SSSR count). The van der Waals surface area contributed by atoms with Crippen molar-refractivity contribution in [1.82, 2.24) is 14.7 Å². The second-order valence-corrected chi connectivity index (χ2v) is 11.4. The van der Waals surface area contributed by atoms with Gasteiger partial charge in [-0.1, -0.05) is 30.7 Å². The predicted molar refractivity (Wildman–Crippen MR) is 134 cm³/mol. The zero-order valence-electron chi connectivity index (χ0n) is 20.0. The Bertz CT molecular complexity index is 1400. The Morgan fingerprint density at radius 2 is 2.03 bits per heavy atom. The Hall–Kier alpha value is -3.24. The molecule has 1 aliphatic rings. The number of amides is 1. The lowest BCUT2D eigenvalue weighted by atomic mass is 9.97. The number of ether oxygens (including phenoxy) is 1. The number of halogens is 2. The number of nitrogens with one attached hydrogen (secondary N) is 1. The molecule has 0 aliphatic carbocycles. The molecular formula is C25H26ClFN4O4S. The third-order valence-electron chi connectivity index (χ3n) is 5.95. The van der Waals surface area contributed by atoms with Crippen LogP contribution in [0.1, 0.15) is 43.1 Å². The van der Waals surface area contributed by atoms with Gasteiger partial charge >= 0.3 is 0 Å². The van der Waals surface area contributed by atoms with Crippen molar-refractivity contribution in [3.05, 3.63) is 76.7 Å². The highest BCUT2D eigenvalue weighted by Gasteiger charge is 2.39. The minimum atomic E-state index is -4.32. The molecule has 1 N–H and O–H groups in total. The van der Waals surface area contributed by atoms with Crippen LogP contribution < -0.4 is 14.4 Å². The van der Waals surface area contributed by atoms with E-state index in [1.165, 1.54) is 30.3 Å². The molecular weight excluding hydrogens is 507 g/mol. The van der Waals surface area contributed by atoms with Gasteiger partial charge in [-0.3, -0.25) is 4.79 Å². The molecule has 1 amide bonds. The minimum Gasteiger partial charge on any atom is -0.473 e. The summed E-state index contributed by atoms with van der Waals surface area (Å²) in [4.78, 5) is 23.6. The fourth-order valence-electron chi connectivity index (χ4n) is 4.39. The van der Waals surface area contributed by atoms with Gasteiger partial charge in [-0.2, -0.15) is 13.4 Å². The Balaban J connectivity index is 1.52. The molecule has 0 radical (unpaired) electrons. The average Bonchev–Trinajstić information content (AvgIpc) is 3.10. The highest BCUT2D eigenvalue weighted by Crippen LogP contribution is 2.37. The maximum Gasteiger partial charge on any atom is 0.281 e. The van der Waals surface area contributed by atoms with E-state index in [1.807, 2.05) is 4.90 Å². The smallest absolute Gasteiger partial charge is 0.281 e. The molecule has 0 saturated carbocycles. The van der Waals surface area contributed by atoms with Crippen LogP contribution in [0.4, 0.5) is 10.2 Å². The summed E-state index contributed by atoms with van der Waals surface area (Å²) in [5.41, 5.74) is 0.425. The van der Waals surface area contributed by atoms with Crippen LogP contribution in [0.5, 0.6) is 5.88 Å². The molecule has 1 aromatic carbocycles. The van der Waals surface area contributed by atoms with Gasteiger partial charge in [0.25, 0.3) is 15.9 Å². The number of anilines is 1. The van der Waals surface area contributed by atoms with Crippen molar-refractivity contribution < 1.29 is 22.3 Å². The molecule has 36 heavy (non-hydrogen) atoms. The number of nitrogens with zero attached hydrogens (tertiary/aromatic N) is 3. The number of sulfonamides is 1.